The molecule has 2 heterocycles. The molecule has 2 aromatic rings. The highest BCUT2D eigenvalue weighted by Gasteiger charge is 2.34. The Kier molecular flexibility index (Phi) is 7.35. The van der Waals surface area contributed by atoms with E-state index in [1.165, 1.54) is 13.1 Å². The Morgan fingerprint density at radius 2 is 1.88 bits per heavy atom. The summed E-state index contributed by atoms with van der Waals surface area (Å²) >= 11 is 0. The van der Waals surface area contributed by atoms with Gasteiger partial charge < -0.3 is 25.7 Å². The fourth-order valence-corrected chi connectivity index (χ4v) is 3.48. The molecule has 1 aliphatic rings. The predicted octanol–water partition coefficient (Wildman–Crippen LogP) is 3.47. The van der Waals surface area contributed by atoms with E-state index in [4.69, 9.17) is 10.1 Å². The van der Waals surface area contributed by atoms with E-state index in [1.54, 1.807) is 7.05 Å². The first-order valence-electron chi connectivity index (χ1n) is 10.1. The van der Waals surface area contributed by atoms with Crippen molar-refractivity contribution in [3.05, 3.63) is 46.9 Å². The standard InChI is InChI=1S/C21H22F4N6O3/c1-11(26)16-17(31-5-7-34-8-6-31)13(10-28-18(16)27-2)19(32)30-20(33)29-12-3-4-15(22)14(9-12)21(23,24)25/h3-4,9-10,26H,5-8H2,1-2H3,(H,27,28)(H2,29,30,32,33). The van der Waals surface area contributed by atoms with Crippen LogP contribution in [-0.4, -0.2) is 56.0 Å². The van der Waals surface area contributed by atoms with Gasteiger partial charge in [-0.05, 0) is 25.1 Å². The molecule has 13 heteroatoms. The number of nitrogens with zero attached hydrogens (tertiary/aromatic N) is 2. The summed E-state index contributed by atoms with van der Waals surface area (Å²) in [6.07, 6.45) is -3.71. The number of ether oxygens (including phenoxy) is 1. The number of anilines is 3. The monoisotopic (exact) mass is 482 g/mol. The van der Waals surface area contributed by atoms with Gasteiger partial charge in [-0.1, -0.05) is 0 Å². The molecule has 1 aliphatic heterocycles. The molecule has 1 fully saturated rings. The van der Waals surface area contributed by atoms with Crippen LogP contribution in [0.5, 0.6) is 0 Å². The van der Waals surface area contributed by atoms with Gasteiger partial charge in [-0.15, -0.1) is 0 Å². The van der Waals surface area contributed by atoms with Gasteiger partial charge in [-0.25, -0.2) is 14.2 Å². The number of benzene rings is 1. The Hall–Kier alpha value is -3.74. The van der Waals surface area contributed by atoms with Gasteiger partial charge in [0.1, 0.15) is 11.6 Å². The average Bonchev–Trinajstić information content (AvgIpc) is 2.78. The lowest BCUT2D eigenvalue weighted by molar-refractivity contribution is -0.139. The normalized spacial score (nSPS) is 13.9. The number of hydrogen-bond acceptors (Lipinski definition) is 7. The van der Waals surface area contributed by atoms with Gasteiger partial charge in [0.15, 0.2) is 0 Å². The van der Waals surface area contributed by atoms with Crippen molar-refractivity contribution in [3.63, 3.8) is 0 Å². The van der Waals surface area contributed by atoms with E-state index in [9.17, 15) is 27.2 Å². The fourth-order valence-electron chi connectivity index (χ4n) is 3.48. The molecule has 0 unspecified atom stereocenters. The molecule has 0 atom stereocenters. The van der Waals surface area contributed by atoms with Gasteiger partial charge in [0.25, 0.3) is 5.91 Å². The van der Waals surface area contributed by atoms with E-state index in [2.05, 4.69) is 15.6 Å². The van der Waals surface area contributed by atoms with Crippen LogP contribution in [0, 0.1) is 11.2 Å². The van der Waals surface area contributed by atoms with Crippen molar-refractivity contribution in [2.24, 2.45) is 0 Å². The molecule has 4 N–H and O–H groups in total. The Bertz CT molecular complexity index is 1120. The zero-order chi connectivity index (χ0) is 25.0. The van der Waals surface area contributed by atoms with Crippen molar-refractivity contribution in [2.75, 3.05) is 48.9 Å². The molecule has 0 aliphatic carbocycles. The quantitative estimate of drug-likeness (QED) is 0.383. The number of carbonyl (C=O) groups is 2. The van der Waals surface area contributed by atoms with Crippen LogP contribution in [0.15, 0.2) is 24.4 Å². The third kappa shape index (κ3) is 5.42. The number of urea groups is 1. The highest BCUT2D eigenvalue weighted by atomic mass is 19.4. The Morgan fingerprint density at radius 3 is 2.47 bits per heavy atom. The number of alkyl halides is 3. The van der Waals surface area contributed by atoms with E-state index in [0.717, 1.165) is 6.07 Å². The fraction of sp³-hybridized carbons (Fsp3) is 0.333. The first-order valence-corrected chi connectivity index (χ1v) is 10.1. The van der Waals surface area contributed by atoms with Crippen LogP contribution in [0.25, 0.3) is 0 Å². The Morgan fingerprint density at radius 1 is 1.21 bits per heavy atom. The van der Waals surface area contributed by atoms with Crippen LogP contribution in [0.3, 0.4) is 0 Å². The average molecular weight is 482 g/mol. The SMILES string of the molecule is CNc1ncc(C(=O)NC(=O)Nc2ccc(F)c(C(F)(F)F)c2)c(N2CCOCC2)c1C(C)=N. The van der Waals surface area contributed by atoms with Crippen LogP contribution in [0.2, 0.25) is 0 Å². The molecule has 0 spiro atoms. The van der Waals surface area contributed by atoms with Crippen molar-refractivity contribution >= 4 is 34.8 Å². The van der Waals surface area contributed by atoms with Crippen molar-refractivity contribution in [2.45, 2.75) is 13.1 Å². The van der Waals surface area contributed by atoms with Gasteiger partial charge in [0.05, 0.1) is 35.6 Å². The molecule has 3 rings (SSSR count). The number of morpholine rings is 1. The van der Waals surface area contributed by atoms with Crippen LogP contribution in [0.1, 0.15) is 28.4 Å². The number of pyridine rings is 1. The highest BCUT2D eigenvalue weighted by molar-refractivity contribution is 6.15. The topological polar surface area (TPSA) is 119 Å². The molecule has 1 aromatic heterocycles. The molecular formula is C21H22F4N6O3. The van der Waals surface area contributed by atoms with Gasteiger partial charge in [-0.3, -0.25) is 10.1 Å². The number of imide groups is 1. The van der Waals surface area contributed by atoms with Gasteiger partial charge in [0.2, 0.25) is 0 Å². The summed E-state index contributed by atoms with van der Waals surface area (Å²) in [7, 11) is 1.61. The zero-order valence-corrected chi connectivity index (χ0v) is 18.3. The summed E-state index contributed by atoms with van der Waals surface area (Å²) in [6.45, 7) is 3.16. The van der Waals surface area contributed by atoms with Crippen molar-refractivity contribution in [3.8, 4) is 0 Å². The summed E-state index contributed by atoms with van der Waals surface area (Å²) in [5.74, 6) is -2.01. The van der Waals surface area contributed by atoms with Crippen LogP contribution >= 0.6 is 0 Å². The minimum absolute atomic E-state index is 0.00673. The third-order valence-corrected chi connectivity index (χ3v) is 4.99. The number of carbonyl (C=O) groups excluding carboxylic acids is 2. The molecule has 9 nitrogen and oxygen atoms in total. The second-order valence-corrected chi connectivity index (χ2v) is 7.32. The summed E-state index contributed by atoms with van der Waals surface area (Å²) in [5, 5.41) is 15.2. The Balaban J connectivity index is 1.89. The largest absolute Gasteiger partial charge is 0.419 e. The molecule has 1 aromatic carbocycles. The number of halogens is 4. The number of aromatic nitrogens is 1. The smallest absolute Gasteiger partial charge is 0.378 e. The maximum atomic E-state index is 13.5. The number of amides is 3. The first kappa shape index (κ1) is 24.9. The van der Waals surface area contributed by atoms with Gasteiger partial charge in [-0.2, -0.15) is 13.2 Å². The number of nitrogens with one attached hydrogen (secondary N) is 4. The van der Waals surface area contributed by atoms with E-state index < -0.39 is 29.5 Å². The molecular weight excluding hydrogens is 460 g/mol. The molecule has 3 amide bonds. The zero-order valence-electron chi connectivity index (χ0n) is 18.3. The van der Waals surface area contributed by atoms with Gasteiger partial charge in [0, 0.05) is 37.7 Å². The lowest BCUT2D eigenvalue weighted by Gasteiger charge is -2.32. The first-order chi connectivity index (χ1) is 16.0. The summed E-state index contributed by atoms with van der Waals surface area (Å²) in [6, 6.07) is 0.811. The van der Waals surface area contributed by atoms with Crippen molar-refractivity contribution in [1.29, 1.82) is 5.41 Å². The highest BCUT2D eigenvalue weighted by Crippen LogP contribution is 2.33. The maximum absolute atomic E-state index is 13.5. The van der Waals surface area contributed by atoms with E-state index in [1.807, 2.05) is 10.2 Å². The summed E-state index contributed by atoms with van der Waals surface area (Å²) in [5.41, 5.74) is -1.04. The minimum atomic E-state index is -4.96. The van der Waals surface area contributed by atoms with Crippen molar-refractivity contribution in [1.82, 2.24) is 10.3 Å². The molecule has 182 valence electrons. The second-order valence-electron chi connectivity index (χ2n) is 7.32. The molecule has 0 radical (unpaired) electrons. The van der Waals surface area contributed by atoms with Crippen LogP contribution < -0.4 is 20.9 Å². The van der Waals surface area contributed by atoms with Gasteiger partial charge >= 0.3 is 12.2 Å². The van der Waals surface area contributed by atoms with E-state index in [0.29, 0.717) is 55.5 Å². The molecule has 1 saturated heterocycles. The molecule has 34 heavy (non-hydrogen) atoms. The lowest BCUT2D eigenvalue weighted by Crippen LogP contribution is -2.40. The van der Waals surface area contributed by atoms with E-state index >= 15 is 0 Å². The summed E-state index contributed by atoms with van der Waals surface area (Å²) in [4.78, 5) is 31.3. The van der Waals surface area contributed by atoms with Crippen molar-refractivity contribution < 1.29 is 31.9 Å². The molecule has 0 bridgehead atoms. The minimum Gasteiger partial charge on any atom is -0.378 e. The lowest BCUT2D eigenvalue weighted by atomic mass is 10.0. The predicted molar refractivity (Wildman–Crippen MR) is 117 cm³/mol. The van der Waals surface area contributed by atoms with E-state index in [-0.39, 0.29) is 17.0 Å². The third-order valence-electron chi connectivity index (χ3n) is 4.99. The van der Waals surface area contributed by atoms with Crippen LogP contribution in [0.4, 0.5) is 39.5 Å². The van der Waals surface area contributed by atoms with Crippen LogP contribution in [-0.2, 0) is 10.9 Å². The molecule has 0 saturated carbocycles. The second kappa shape index (κ2) is 10.0. The number of rotatable bonds is 5. The number of hydrogen-bond donors (Lipinski definition) is 4. The summed E-state index contributed by atoms with van der Waals surface area (Å²) < 4.78 is 57.6. The maximum Gasteiger partial charge on any atom is 0.419 e. The Labute approximate surface area is 192 Å².